The minimum Gasteiger partial charge on any atom is -0.461 e. The summed E-state index contributed by atoms with van der Waals surface area (Å²) >= 11 is 0. The molecule has 2 heterocycles. The third-order valence-corrected chi connectivity index (χ3v) is 15.2. The number of fused-ring (bicyclic) bond motifs is 5. The average Bonchev–Trinajstić information content (AvgIpc) is 3.68. The van der Waals surface area contributed by atoms with Gasteiger partial charge in [0.05, 0.1) is 36.0 Å². The van der Waals surface area contributed by atoms with Gasteiger partial charge in [0.25, 0.3) is 17.7 Å². The van der Waals surface area contributed by atoms with E-state index in [0.29, 0.717) is 5.56 Å². The molecule has 1 unspecified atom stereocenters. The molecule has 3 fully saturated rings. The van der Waals surface area contributed by atoms with Crippen LogP contribution in [0.1, 0.15) is 93.1 Å². The minimum absolute atomic E-state index is 0.00243. The Balaban J connectivity index is 1.28. The molecule has 384 valence electrons. The summed E-state index contributed by atoms with van der Waals surface area (Å²) < 4.78 is 37.0. The van der Waals surface area contributed by atoms with E-state index in [9.17, 15) is 48.6 Å². The Morgan fingerprint density at radius 3 is 1.95 bits per heavy atom. The monoisotopic (exact) mass is 1000 g/mol. The third kappa shape index (κ3) is 9.25. The number of nitrogens with one attached hydrogen (secondary N) is 1. The Labute approximate surface area is 419 Å². The van der Waals surface area contributed by atoms with E-state index >= 15 is 4.79 Å². The van der Waals surface area contributed by atoms with Crippen molar-refractivity contribution in [1.82, 2.24) is 10.2 Å². The van der Waals surface area contributed by atoms with E-state index in [1.807, 2.05) is 0 Å². The van der Waals surface area contributed by atoms with Crippen molar-refractivity contribution in [3.05, 3.63) is 131 Å². The number of nitrogens with zero attached hydrogens (tertiary/aromatic N) is 1. The number of ether oxygens (including phenoxy) is 6. The molecule has 2 bridgehead atoms. The minimum atomic E-state index is -2.53. The SMILES string of the molecule is CC(=O)O[C@H]1C(=O)[C@@]2(C)C([C@H](OC(=O)c3ccccc3)[C@]3(O)C[C@H](OC(=O)[C@H](O)[C@@H](NC(=O)c4ccccc4)c4ccccc4)C(C)=C1C3(C)C)[C@]1(OC(C)=O)CO[C@@H]1C[C@@H]2OC(=O)CCN1C(=O)C=CC1=O. The Morgan fingerprint density at radius 2 is 1.38 bits per heavy atom. The first-order valence-electron chi connectivity index (χ1n) is 23.8. The maximum absolute atomic E-state index is 16.2. The van der Waals surface area contributed by atoms with Crippen LogP contribution in [0.3, 0.4) is 0 Å². The fraction of sp³-hybridized carbons (Fsp3) is 0.426. The number of Topliss-reactive ketones (excluding diaryl/α,β-unsaturated/α-hetero) is 1. The lowest BCUT2D eigenvalue weighted by Gasteiger charge is -2.67. The average molecular weight is 1010 g/mol. The van der Waals surface area contributed by atoms with Crippen LogP contribution in [-0.2, 0) is 62.0 Å². The normalized spacial score (nSPS) is 29.7. The quantitative estimate of drug-likeness (QED) is 0.0901. The smallest absolute Gasteiger partial charge is 0.338 e. The number of imide groups is 1. The van der Waals surface area contributed by atoms with Crippen molar-refractivity contribution in [1.29, 1.82) is 0 Å². The largest absolute Gasteiger partial charge is 0.461 e. The number of carbonyl (C=O) groups is 9. The summed E-state index contributed by atoms with van der Waals surface area (Å²) in [4.78, 5) is 125. The lowest BCUT2D eigenvalue weighted by atomic mass is 9.44. The number of hydrogen-bond donors (Lipinski definition) is 3. The Bertz CT molecular complexity index is 2780. The van der Waals surface area contributed by atoms with Crippen molar-refractivity contribution in [3.8, 4) is 0 Å². The van der Waals surface area contributed by atoms with Crippen molar-refractivity contribution in [2.24, 2.45) is 16.7 Å². The van der Waals surface area contributed by atoms with Gasteiger partial charge in [0.2, 0.25) is 0 Å². The molecule has 73 heavy (non-hydrogen) atoms. The van der Waals surface area contributed by atoms with Crippen molar-refractivity contribution in [2.45, 2.75) is 115 Å². The van der Waals surface area contributed by atoms with Crippen LogP contribution in [0.5, 0.6) is 0 Å². The van der Waals surface area contributed by atoms with Gasteiger partial charge in [0.15, 0.2) is 23.6 Å². The number of amides is 3. The van der Waals surface area contributed by atoms with Crippen molar-refractivity contribution in [2.75, 3.05) is 13.2 Å². The number of hydrogen-bond acceptors (Lipinski definition) is 17. The second-order valence-corrected chi connectivity index (χ2v) is 19.7. The highest BCUT2D eigenvalue weighted by atomic mass is 16.6. The van der Waals surface area contributed by atoms with Crippen LogP contribution in [-0.4, -0.2) is 129 Å². The zero-order chi connectivity index (χ0) is 52.8. The van der Waals surface area contributed by atoms with Crippen molar-refractivity contribution >= 4 is 53.4 Å². The van der Waals surface area contributed by atoms with Gasteiger partial charge >= 0.3 is 29.8 Å². The van der Waals surface area contributed by atoms with Crippen LogP contribution in [0.15, 0.2) is 114 Å². The number of esters is 5. The number of aliphatic hydroxyl groups excluding tert-OH is 1. The Hall–Kier alpha value is -7.35. The summed E-state index contributed by atoms with van der Waals surface area (Å²) in [6.07, 6.45) is -9.82. The molecule has 2 aliphatic heterocycles. The molecule has 0 radical (unpaired) electrons. The molecule has 8 rings (SSSR count). The van der Waals surface area contributed by atoms with Crippen LogP contribution >= 0.6 is 0 Å². The van der Waals surface area contributed by atoms with Crippen LogP contribution in [0.2, 0.25) is 0 Å². The highest BCUT2D eigenvalue weighted by Gasteiger charge is 2.79. The summed E-state index contributed by atoms with van der Waals surface area (Å²) in [5.41, 5.74) is -7.94. The topological polar surface area (TPSA) is 265 Å². The zero-order valence-corrected chi connectivity index (χ0v) is 40.9. The molecule has 3 aliphatic carbocycles. The van der Waals surface area contributed by atoms with Crippen molar-refractivity contribution in [3.63, 3.8) is 0 Å². The zero-order valence-electron chi connectivity index (χ0n) is 40.9. The molecule has 0 aromatic heterocycles. The van der Waals surface area contributed by atoms with Gasteiger partial charge in [-0.25, -0.2) is 9.59 Å². The summed E-state index contributed by atoms with van der Waals surface area (Å²) in [6, 6.07) is 22.5. The van der Waals surface area contributed by atoms with E-state index in [-0.39, 0.29) is 28.7 Å². The highest BCUT2D eigenvalue weighted by Crippen LogP contribution is 2.65. The highest BCUT2D eigenvalue weighted by molar-refractivity contribution is 6.13. The molecule has 3 amide bonds. The standard InChI is InChI=1S/C54H56N2O17/c1-29-35(70-50(66)43(62)42(32-16-10-7-11-17-32)55-48(64)33-18-12-8-13-19-33)27-54(67)47(72-49(65)34-20-14-9-15-21-34)45-52(6,46(63)44(69-30(2)57)41(29)51(54,4)5)36(26-37-53(45,28-68-37)73-31(3)58)71-40(61)24-25-56-38(59)22-23-39(56)60/h7-23,35-37,42-45,47,62,67H,24-28H2,1-6H3,(H,55,64)/t35-,36-,37+,42-,43+,44+,45?,47-,52+,53-,54+/m0/s1. The summed E-state index contributed by atoms with van der Waals surface area (Å²) in [6.45, 7) is 7.21. The van der Waals surface area contributed by atoms with Gasteiger partial charge < -0.3 is 44.0 Å². The number of benzene rings is 3. The first kappa shape index (κ1) is 52.0. The molecule has 11 atom stereocenters. The van der Waals surface area contributed by atoms with Gasteiger partial charge in [-0.1, -0.05) is 80.6 Å². The lowest BCUT2D eigenvalue weighted by molar-refractivity contribution is -0.346. The summed E-state index contributed by atoms with van der Waals surface area (Å²) in [5, 5.41) is 28.7. The van der Waals surface area contributed by atoms with E-state index < -0.39 is 150 Å². The molecule has 3 aromatic carbocycles. The molecule has 5 aliphatic rings. The predicted octanol–water partition coefficient (Wildman–Crippen LogP) is 3.60. The summed E-state index contributed by atoms with van der Waals surface area (Å²) in [5.74, 6) is -9.75. The molecule has 19 heteroatoms. The molecular formula is C54H56N2O17. The van der Waals surface area contributed by atoms with Crippen molar-refractivity contribution < 1.29 is 81.8 Å². The maximum Gasteiger partial charge on any atom is 0.338 e. The van der Waals surface area contributed by atoms with Gasteiger partial charge in [-0.3, -0.25) is 38.5 Å². The molecule has 3 N–H and O–H groups in total. The second kappa shape index (κ2) is 19.9. The van der Waals surface area contributed by atoms with Crippen LogP contribution in [0.4, 0.5) is 0 Å². The van der Waals surface area contributed by atoms with Gasteiger partial charge in [0, 0.05) is 56.4 Å². The third-order valence-electron chi connectivity index (χ3n) is 15.2. The van der Waals surface area contributed by atoms with Gasteiger partial charge in [-0.15, -0.1) is 0 Å². The lowest BCUT2D eigenvalue weighted by Crippen LogP contribution is -2.82. The number of ketones is 1. The number of rotatable bonds is 14. The Kier molecular flexibility index (Phi) is 14.2. The molecule has 1 saturated heterocycles. The van der Waals surface area contributed by atoms with Crippen LogP contribution in [0, 0.1) is 16.7 Å². The molecular weight excluding hydrogens is 949 g/mol. The van der Waals surface area contributed by atoms with E-state index in [1.54, 1.807) is 78.9 Å². The fourth-order valence-corrected chi connectivity index (χ4v) is 11.4. The number of aliphatic hydroxyl groups is 2. The molecule has 0 spiro atoms. The van der Waals surface area contributed by atoms with Crippen LogP contribution in [0.25, 0.3) is 0 Å². The molecule has 3 aromatic rings. The van der Waals surface area contributed by atoms with Gasteiger partial charge in [-0.2, -0.15) is 0 Å². The fourth-order valence-electron chi connectivity index (χ4n) is 11.4. The second-order valence-electron chi connectivity index (χ2n) is 19.7. The van der Waals surface area contributed by atoms with Gasteiger partial charge in [0.1, 0.15) is 30.0 Å². The van der Waals surface area contributed by atoms with Crippen LogP contribution < -0.4 is 5.32 Å². The van der Waals surface area contributed by atoms with E-state index in [1.165, 1.54) is 39.8 Å². The predicted molar refractivity (Wildman–Crippen MR) is 252 cm³/mol. The van der Waals surface area contributed by atoms with E-state index in [4.69, 9.17) is 28.4 Å². The summed E-state index contributed by atoms with van der Waals surface area (Å²) in [7, 11) is 0. The molecule has 19 nitrogen and oxygen atoms in total. The van der Waals surface area contributed by atoms with Gasteiger partial charge in [-0.05, 0) is 54.8 Å². The first-order chi connectivity index (χ1) is 34.5. The van der Waals surface area contributed by atoms with E-state index in [0.717, 1.165) is 30.9 Å². The van der Waals surface area contributed by atoms with E-state index in [2.05, 4.69) is 5.32 Å². The maximum atomic E-state index is 16.2. The molecule has 2 saturated carbocycles. The number of carbonyl (C=O) groups excluding carboxylic acids is 9. The Morgan fingerprint density at radius 1 is 0.795 bits per heavy atom. The first-order valence-corrected chi connectivity index (χ1v) is 23.8.